The van der Waals surface area contributed by atoms with E-state index in [0.29, 0.717) is 0 Å². The Labute approximate surface area is 143 Å². The molecule has 1 aliphatic rings. The minimum Gasteiger partial charge on any atom is -0.497 e. The molecule has 24 heavy (non-hydrogen) atoms. The summed E-state index contributed by atoms with van der Waals surface area (Å²) >= 11 is 0. The van der Waals surface area contributed by atoms with Gasteiger partial charge in [-0.15, -0.1) is 0 Å². The molecule has 0 aliphatic carbocycles. The van der Waals surface area contributed by atoms with Crippen molar-refractivity contribution in [1.82, 2.24) is 10.2 Å². The number of hydrogen-bond donors (Lipinski definition) is 1. The number of likely N-dealkylation sites (tertiary alicyclic amines) is 1. The van der Waals surface area contributed by atoms with Crippen LogP contribution in [0.1, 0.15) is 29.2 Å². The lowest BCUT2D eigenvalue weighted by Crippen LogP contribution is -2.39. The lowest BCUT2D eigenvalue weighted by atomic mass is 9.96. The highest BCUT2D eigenvalue weighted by molar-refractivity contribution is 5.83. The second-order valence-corrected chi connectivity index (χ2v) is 6.38. The van der Waals surface area contributed by atoms with Crippen molar-refractivity contribution in [1.29, 1.82) is 0 Å². The van der Waals surface area contributed by atoms with Crippen LogP contribution >= 0.6 is 0 Å². The molecule has 0 aromatic heterocycles. The molecule has 0 spiro atoms. The topological polar surface area (TPSA) is 41.6 Å². The van der Waals surface area contributed by atoms with E-state index < -0.39 is 0 Å². The highest BCUT2D eigenvalue weighted by atomic mass is 16.5. The van der Waals surface area contributed by atoms with Gasteiger partial charge >= 0.3 is 0 Å². The summed E-state index contributed by atoms with van der Waals surface area (Å²) in [6.07, 6.45) is 0.841. The largest absolute Gasteiger partial charge is 0.497 e. The van der Waals surface area contributed by atoms with E-state index in [4.69, 9.17) is 4.74 Å². The van der Waals surface area contributed by atoms with E-state index >= 15 is 0 Å². The number of methoxy groups -OCH3 is 1. The van der Waals surface area contributed by atoms with Crippen LogP contribution in [0.4, 0.5) is 0 Å². The molecule has 4 heteroatoms. The number of ether oxygens (including phenoxy) is 1. The second-order valence-electron chi connectivity index (χ2n) is 6.38. The van der Waals surface area contributed by atoms with Crippen molar-refractivity contribution >= 4 is 5.91 Å². The molecule has 1 N–H and O–H groups in total. The summed E-state index contributed by atoms with van der Waals surface area (Å²) < 4.78 is 5.25. The molecular weight excluding hydrogens is 300 g/mol. The Kier molecular flexibility index (Phi) is 4.86. The molecule has 1 amide bonds. The lowest BCUT2D eigenvalue weighted by Gasteiger charge is -2.23. The van der Waals surface area contributed by atoms with Gasteiger partial charge in [-0.2, -0.15) is 0 Å². The molecule has 0 unspecified atom stereocenters. The normalized spacial score (nSPS) is 18.7. The number of likely N-dealkylation sites (N-methyl/N-ethyl adjacent to an activating group) is 1. The minimum atomic E-state index is -0.136. The van der Waals surface area contributed by atoms with E-state index in [1.165, 1.54) is 5.56 Å². The van der Waals surface area contributed by atoms with Crippen molar-refractivity contribution in [3.63, 3.8) is 0 Å². The number of hydrogen-bond acceptors (Lipinski definition) is 3. The Morgan fingerprint density at radius 3 is 2.17 bits per heavy atom. The number of benzene rings is 2. The smallest absolute Gasteiger partial charge is 0.239 e. The maximum atomic E-state index is 12.3. The van der Waals surface area contributed by atoms with E-state index in [2.05, 4.69) is 48.6 Å². The number of nitrogens with zero attached hydrogens (tertiary/aromatic N) is 1. The van der Waals surface area contributed by atoms with Gasteiger partial charge in [-0.05, 0) is 36.6 Å². The average molecular weight is 324 g/mol. The van der Waals surface area contributed by atoms with Crippen molar-refractivity contribution in [2.24, 2.45) is 0 Å². The number of carbonyl (C=O) groups excluding carboxylic acids is 1. The van der Waals surface area contributed by atoms with Gasteiger partial charge in [0.1, 0.15) is 5.75 Å². The Balaban J connectivity index is 1.90. The first-order chi connectivity index (χ1) is 11.6. The molecule has 2 aromatic rings. The van der Waals surface area contributed by atoms with Crippen molar-refractivity contribution in [3.05, 3.63) is 65.2 Å². The van der Waals surface area contributed by atoms with Crippen LogP contribution in [0, 0.1) is 6.92 Å². The van der Waals surface area contributed by atoms with Crippen molar-refractivity contribution in [2.45, 2.75) is 25.4 Å². The minimum absolute atomic E-state index is 0.0167. The fourth-order valence-corrected chi connectivity index (χ4v) is 3.12. The molecule has 1 aliphatic heterocycles. The number of carbonyl (C=O) groups is 1. The summed E-state index contributed by atoms with van der Waals surface area (Å²) in [5, 5.41) is 3.55. The molecule has 126 valence electrons. The Morgan fingerprint density at radius 2 is 1.67 bits per heavy atom. The van der Waals surface area contributed by atoms with E-state index in [1.807, 2.05) is 19.2 Å². The van der Waals surface area contributed by atoms with Crippen LogP contribution in [-0.4, -0.2) is 37.6 Å². The third-order valence-corrected chi connectivity index (χ3v) is 4.66. The zero-order valence-electron chi connectivity index (χ0n) is 14.5. The monoisotopic (exact) mass is 324 g/mol. The molecule has 4 nitrogen and oxygen atoms in total. The number of aryl methyl sites for hydroxylation is 1. The Hall–Kier alpha value is -2.33. The van der Waals surface area contributed by atoms with Gasteiger partial charge in [0.25, 0.3) is 0 Å². The van der Waals surface area contributed by atoms with Gasteiger partial charge in [0.2, 0.25) is 5.91 Å². The molecule has 1 heterocycles. The molecule has 0 radical (unpaired) electrons. The Morgan fingerprint density at radius 1 is 1.08 bits per heavy atom. The summed E-state index contributed by atoms with van der Waals surface area (Å²) in [5.74, 6) is 0.999. The predicted molar refractivity (Wildman–Crippen MR) is 95.2 cm³/mol. The van der Waals surface area contributed by atoms with Gasteiger partial charge in [-0.25, -0.2) is 0 Å². The van der Waals surface area contributed by atoms with E-state index in [9.17, 15) is 4.79 Å². The summed E-state index contributed by atoms with van der Waals surface area (Å²) in [5.41, 5.74) is 3.51. The number of amides is 1. The molecule has 2 atom stereocenters. The zero-order chi connectivity index (χ0) is 17.1. The van der Waals surface area contributed by atoms with Crippen LogP contribution in [0.15, 0.2) is 48.5 Å². The summed E-state index contributed by atoms with van der Waals surface area (Å²) in [4.78, 5) is 14.1. The summed E-state index contributed by atoms with van der Waals surface area (Å²) in [6.45, 7) is 2.88. The average Bonchev–Trinajstić information content (AvgIpc) is 2.93. The molecular formula is C20H24N2O2. The van der Waals surface area contributed by atoms with E-state index in [-0.39, 0.29) is 18.0 Å². The molecule has 0 bridgehead atoms. The van der Waals surface area contributed by atoms with Gasteiger partial charge in [-0.1, -0.05) is 42.0 Å². The zero-order valence-corrected chi connectivity index (χ0v) is 14.5. The van der Waals surface area contributed by atoms with Crippen molar-refractivity contribution in [3.8, 4) is 5.75 Å². The summed E-state index contributed by atoms with van der Waals surface area (Å²) in [7, 11) is 3.52. The molecule has 0 saturated carbocycles. The second kappa shape index (κ2) is 7.05. The molecule has 1 saturated heterocycles. The first kappa shape index (κ1) is 16.5. The molecule has 3 rings (SSSR count). The lowest BCUT2D eigenvalue weighted by molar-refractivity contribution is -0.128. The van der Waals surface area contributed by atoms with Crippen LogP contribution in [0.2, 0.25) is 0 Å². The van der Waals surface area contributed by atoms with Crippen LogP contribution in [0.5, 0.6) is 5.75 Å². The SMILES string of the molecule is COc1ccc([C@@H](N[C@@H]2CCN(C)C2=O)c2ccc(C)cc2)cc1. The summed E-state index contributed by atoms with van der Waals surface area (Å²) in [6, 6.07) is 16.3. The third-order valence-electron chi connectivity index (χ3n) is 4.66. The van der Waals surface area contributed by atoms with Crippen LogP contribution in [0.25, 0.3) is 0 Å². The fourth-order valence-electron chi connectivity index (χ4n) is 3.12. The van der Waals surface area contributed by atoms with Gasteiger partial charge in [0.05, 0.1) is 19.2 Å². The van der Waals surface area contributed by atoms with Crippen LogP contribution in [0.3, 0.4) is 0 Å². The molecule has 1 fully saturated rings. The first-order valence-electron chi connectivity index (χ1n) is 8.30. The standard InChI is InChI=1S/C20H24N2O2/c1-14-4-6-15(7-5-14)19(16-8-10-17(24-3)11-9-16)21-18-12-13-22(2)20(18)23/h4-11,18-19,21H,12-13H2,1-3H3/t18-,19+/m1/s1. The maximum Gasteiger partial charge on any atom is 0.239 e. The highest BCUT2D eigenvalue weighted by Gasteiger charge is 2.31. The third kappa shape index (κ3) is 3.44. The fraction of sp³-hybridized carbons (Fsp3) is 0.350. The van der Waals surface area contributed by atoms with Gasteiger partial charge in [0.15, 0.2) is 0 Å². The van der Waals surface area contributed by atoms with Crippen LogP contribution in [-0.2, 0) is 4.79 Å². The molecule has 2 aromatic carbocycles. The van der Waals surface area contributed by atoms with E-state index in [1.54, 1.807) is 12.0 Å². The first-order valence-corrected chi connectivity index (χ1v) is 8.30. The van der Waals surface area contributed by atoms with Crippen molar-refractivity contribution in [2.75, 3.05) is 20.7 Å². The Bertz CT molecular complexity index is 695. The quantitative estimate of drug-likeness (QED) is 0.919. The van der Waals surface area contributed by atoms with E-state index in [0.717, 1.165) is 29.8 Å². The van der Waals surface area contributed by atoms with Crippen molar-refractivity contribution < 1.29 is 9.53 Å². The number of rotatable bonds is 5. The van der Waals surface area contributed by atoms with Crippen LogP contribution < -0.4 is 10.1 Å². The highest BCUT2D eigenvalue weighted by Crippen LogP contribution is 2.26. The number of nitrogens with one attached hydrogen (secondary N) is 1. The van der Waals surface area contributed by atoms with Gasteiger partial charge in [0, 0.05) is 13.6 Å². The predicted octanol–water partition coefficient (Wildman–Crippen LogP) is 2.91. The van der Waals surface area contributed by atoms with Gasteiger partial charge in [-0.3, -0.25) is 10.1 Å². The van der Waals surface area contributed by atoms with Gasteiger partial charge < -0.3 is 9.64 Å². The maximum absolute atomic E-state index is 12.3.